The maximum Gasteiger partial charge on any atom is 0.410 e. The molecule has 0 saturated carbocycles. The van der Waals surface area contributed by atoms with Crippen LogP contribution in [0.2, 0.25) is 0 Å². The van der Waals surface area contributed by atoms with E-state index >= 15 is 13.2 Å². The Hall–Kier alpha value is -3.53. The molecule has 0 aromatic heterocycles. The lowest BCUT2D eigenvalue weighted by Crippen LogP contribution is -2.47. The molecule has 264 valence electrons. The first-order valence-electron chi connectivity index (χ1n) is 17.1. The SMILES string of the molecule is C[C@@H]1CC2=C(Cc3ccccc32)[C@@H](c2c(F)cc(OCCCCN(CCCCCC(=O)O)C(=O)OC(C)(C)C)cc2F)N1CC(C)(C)F. The van der Waals surface area contributed by atoms with Crippen molar-refractivity contribution in [1.29, 1.82) is 0 Å². The molecule has 0 saturated heterocycles. The molecule has 0 radical (unpaired) electrons. The molecule has 2 aromatic carbocycles. The third kappa shape index (κ3) is 10.00. The fraction of sp³-hybridized carbons (Fsp3) is 0.579. The van der Waals surface area contributed by atoms with E-state index in [9.17, 15) is 9.59 Å². The van der Waals surface area contributed by atoms with Gasteiger partial charge in [-0.15, -0.1) is 0 Å². The van der Waals surface area contributed by atoms with E-state index in [2.05, 4.69) is 6.07 Å². The van der Waals surface area contributed by atoms with E-state index in [-0.39, 0.29) is 36.9 Å². The van der Waals surface area contributed by atoms with E-state index in [1.54, 1.807) is 25.7 Å². The molecule has 1 aliphatic carbocycles. The number of rotatable bonds is 15. The van der Waals surface area contributed by atoms with Crippen LogP contribution in [0.4, 0.5) is 18.0 Å². The van der Waals surface area contributed by atoms with Crippen molar-refractivity contribution in [3.05, 3.63) is 70.3 Å². The standard InChI is InChI=1S/C38H51F3N2O5/c1-25-20-29-28-15-10-9-14-26(28)21-30(29)35(43(25)24-38(5,6)41)34-31(39)22-27(23-32(34)40)47-19-13-12-18-42(36(46)48-37(2,3)4)17-11-7-8-16-33(44)45/h9-10,14-15,22-23,25,35H,7-8,11-13,16-21,24H2,1-6H3,(H,44,45)/t25-,35+/m1/s1. The van der Waals surface area contributed by atoms with Crippen LogP contribution >= 0.6 is 0 Å². The van der Waals surface area contributed by atoms with Crippen LogP contribution in [0, 0.1) is 11.6 Å². The number of benzene rings is 2. The third-order valence-electron chi connectivity index (χ3n) is 8.78. The molecule has 0 spiro atoms. The quantitative estimate of drug-likeness (QED) is 0.191. The minimum absolute atomic E-state index is 0.0335. The number of halogens is 3. The van der Waals surface area contributed by atoms with Crippen molar-refractivity contribution in [2.45, 2.75) is 116 Å². The number of ether oxygens (including phenoxy) is 2. The van der Waals surface area contributed by atoms with Gasteiger partial charge in [-0.3, -0.25) is 9.69 Å². The van der Waals surface area contributed by atoms with Gasteiger partial charge in [0.1, 0.15) is 28.7 Å². The van der Waals surface area contributed by atoms with Crippen LogP contribution < -0.4 is 4.74 Å². The Morgan fingerprint density at radius 1 is 0.979 bits per heavy atom. The summed E-state index contributed by atoms with van der Waals surface area (Å²) in [6.45, 7) is 11.4. The molecule has 0 bridgehead atoms. The molecular formula is C38H51F3N2O5. The Kier molecular flexibility index (Phi) is 12.3. The first-order valence-corrected chi connectivity index (χ1v) is 17.1. The smallest absolute Gasteiger partial charge is 0.410 e. The highest BCUT2D eigenvalue weighted by Crippen LogP contribution is 2.50. The van der Waals surface area contributed by atoms with Gasteiger partial charge in [0.2, 0.25) is 0 Å². The molecule has 0 unspecified atom stereocenters. The van der Waals surface area contributed by atoms with Crippen LogP contribution in [-0.4, -0.2) is 70.5 Å². The Morgan fingerprint density at radius 2 is 1.62 bits per heavy atom. The van der Waals surface area contributed by atoms with Gasteiger partial charge in [0.05, 0.1) is 12.6 Å². The zero-order valence-electron chi connectivity index (χ0n) is 29.2. The number of hydrogen-bond donors (Lipinski definition) is 1. The largest absolute Gasteiger partial charge is 0.493 e. The Bertz CT molecular complexity index is 1460. The number of unbranched alkanes of at least 4 members (excludes halogenated alkanes) is 3. The van der Waals surface area contributed by atoms with Gasteiger partial charge in [-0.1, -0.05) is 30.7 Å². The number of carbonyl (C=O) groups excluding carboxylic acids is 1. The molecule has 2 aromatic rings. The fourth-order valence-electron chi connectivity index (χ4n) is 6.72. The molecule has 48 heavy (non-hydrogen) atoms. The van der Waals surface area contributed by atoms with Crippen LogP contribution in [0.15, 0.2) is 42.0 Å². The first-order chi connectivity index (χ1) is 22.5. The molecule has 4 rings (SSSR count). The number of amides is 1. The van der Waals surface area contributed by atoms with Crippen LogP contribution in [-0.2, 0) is 16.0 Å². The summed E-state index contributed by atoms with van der Waals surface area (Å²) < 4.78 is 58.4. The molecule has 1 amide bonds. The molecule has 2 atom stereocenters. The summed E-state index contributed by atoms with van der Waals surface area (Å²) in [5, 5.41) is 8.86. The summed E-state index contributed by atoms with van der Waals surface area (Å²) >= 11 is 0. The van der Waals surface area contributed by atoms with Crippen molar-refractivity contribution in [3.63, 3.8) is 0 Å². The van der Waals surface area contributed by atoms with E-state index in [1.165, 1.54) is 26.0 Å². The van der Waals surface area contributed by atoms with Gasteiger partial charge in [-0.2, -0.15) is 0 Å². The average molecular weight is 673 g/mol. The van der Waals surface area contributed by atoms with Crippen molar-refractivity contribution in [2.24, 2.45) is 0 Å². The first kappa shape index (κ1) is 37.3. The predicted molar refractivity (Wildman–Crippen MR) is 181 cm³/mol. The lowest BCUT2D eigenvalue weighted by Gasteiger charge is -2.44. The summed E-state index contributed by atoms with van der Waals surface area (Å²) in [5.74, 6) is -2.23. The van der Waals surface area contributed by atoms with Gasteiger partial charge in [0.15, 0.2) is 0 Å². The second-order valence-corrected chi connectivity index (χ2v) is 14.7. The predicted octanol–water partition coefficient (Wildman–Crippen LogP) is 8.90. The van der Waals surface area contributed by atoms with Crippen molar-refractivity contribution in [2.75, 3.05) is 26.2 Å². The molecule has 2 aliphatic rings. The van der Waals surface area contributed by atoms with E-state index in [1.807, 2.05) is 30.0 Å². The van der Waals surface area contributed by atoms with Crippen LogP contribution in [0.1, 0.15) is 109 Å². The molecular weight excluding hydrogens is 621 g/mol. The minimum atomic E-state index is -1.56. The minimum Gasteiger partial charge on any atom is -0.493 e. The highest BCUT2D eigenvalue weighted by atomic mass is 19.1. The summed E-state index contributed by atoms with van der Waals surface area (Å²) in [7, 11) is 0. The zero-order chi connectivity index (χ0) is 35.2. The topological polar surface area (TPSA) is 79.3 Å². The molecule has 1 aliphatic heterocycles. The number of alkyl halides is 1. The number of nitrogens with zero attached hydrogens (tertiary/aromatic N) is 2. The van der Waals surface area contributed by atoms with Gasteiger partial charge >= 0.3 is 12.1 Å². The van der Waals surface area contributed by atoms with Crippen molar-refractivity contribution in [1.82, 2.24) is 9.80 Å². The Balaban J connectivity index is 1.43. The molecule has 1 N–H and O–H groups in total. The van der Waals surface area contributed by atoms with Crippen LogP contribution in [0.25, 0.3) is 5.57 Å². The Morgan fingerprint density at radius 3 is 2.25 bits per heavy atom. The fourth-order valence-corrected chi connectivity index (χ4v) is 6.72. The second-order valence-electron chi connectivity index (χ2n) is 14.7. The number of hydrogen-bond acceptors (Lipinski definition) is 5. The molecule has 7 nitrogen and oxygen atoms in total. The number of carboxylic acid groups (broad SMARTS) is 1. The van der Waals surface area contributed by atoms with Crippen molar-refractivity contribution in [3.8, 4) is 5.75 Å². The van der Waals surface area contributed by atoms with Gasteiger partial charge < -0.3 is 19.5 Å². The molecule has 10 heteroatoms. The zero-order valence-corrected chi connectivity index (χ0v) is 29.2. The average Bonchev–Trinajstić information content (AvgIpc) is 3.33. The maximum absolute atomic E-state index is 16.0. The number of aliphatic carboxylic acids is 1. The Labute approximate surface area is 283 Å². The van der Waals surface area contributed by atoms with Crippen molar-refractivity contribution < 1.29 is 37.3 Å². The van der Waals surface area contributed by atoms with E-state index in [4.69, 9.17) is 14.6 Å². The van der Waals surface area contributed by atoms with Crippen LogP contribution in [0.5, 0.6) is 5.75 Å². The number of carboxylic acids is 1. The highest BCUT2D eigenvalue weighted by molar-refractivity contribution is 5.79. The van der Waals surface area contributed by atoms with Crippen molar-refractivity contribution >= 4 is 17.6 Å². The summed E-state index contributed by atoms with van der Waals surface area (Å²) in [4.78, 5) is 27.1. The van der Waals surface area contributed by atoms with Gasteiger partial charge in [-0.05, 0) is 102 Å². The van der Waals surface area contributed by atoms with Gasteiger partial charge in [-0.25, -0.2) is 18.0 Å². The van der Waals surface area contributed by atoms with E-state index < -0.39 is 41.0 Å². The maximum atomic E-state index is 16.0. The summed E-state index contributed by atoms with van der Waals surface area (Å²) in [5.41, 5.74) is 1.92. The monoisotopic (exact) mass is 672 g/mol. The normalized spacial score (nSPS) is 18.0. The number of carbonyl (C=O) groups is 2. The van der Waals surface area contributed by atoms with Gasteiger partial charge in [0, 0.05) is 49.8 Å². The van der Waals surface area contributed by atoms with E-state index in [0.29, 0.717) is 58.0 Å². The molecule has 0 fully saturated rings. The van der Waals surface area contributed by atoms with Gasteiger partial charge in [0.25, 0.3) is 0 Å². The summed E-state index contributed by atoms with van der Waals surface area (Å²) in [6, 6.07) is 9.57. The lowest BCUT2D eigenvalue weighted by atomic mass is 9.84. The summed E-state index contributed by atoms with van der Waals surface area (Å²) in [6.07, 6.45) is 3.86. The molecule has 1 heterocycles. The van der Waals surface area contributed by atoms with E-state index in [0.717, 1.165) is 22.3 Å². The second kappa shape index (κ2) is 15.8. The number of fused-ring (bicyclic) bond motifs is 2. The van der Waals surface area contributed by atoms with Crippen LogP contribution in [0.3, 0.4) is 0 Å². The lowest BCUT2D eigenvalue weighted by molar-refractivity contribution is -0.137. The third-order valence-corrected chi connectivity index (χ3v) is 8.78. The highest BCUT2D eigenvalue weighted by Gasteiger charge is 2.43.